The highest BCUT2D eigenvalue weighted by Crippen LogP contribution is 2.32. The van der Waals surface area contributed by atoms with Gasteiger partial charge in [0.2, 0.25) is 0 Å². The standard InChI is InChI=1S/C23H28N2O3/c1-7-16(4)21(23(27)28)20-14-19(12-13-25(20)15(2)3)17-8-10-18(11-9-17)22(26)24(5)6/h8-14,16H,2,7H2,1,3-6H3,(H,27,28)/b21-20+. The van der Waals surface area contributed by atoms with E-state index in [-0.39, 0.29) is 11.8 Å². The number of benzene rings is 1. The molecule has 28 heavy (non-hydrogen) atoms. The first-order chi connectivity index (χ1) is 13.2. The number of hydrogen-bond acceptors (Lipinski definition) is 3. The summed E-state index contributed by atoms with van der Waals surface area (Å²) >= 11 is 0. The zero-order chi connectivity index (χ0) is 21.0. The van der Waals surface area contributed by atoms with Crippen LogP contribution < -0.4 is 0 Å². The molecule has 2 rings (SSSR count). The molecule has 148 valence electrons. The third kappa shape index (κ3) is 4.42. The van der Waals surface area contributed by atoms with Gasteiger partial charge in [-0.25, -0.2) is 4.79 Å². The molecule has 0 aliphatic carbocycles. The molecule has 1 N–H and O–H groups in total. The predicted molar refractivity (Wildman–Crippen MR) is 112 cm³/mol. The number of carboxylic acid groups (broad SMARTS) is 1. The van der Waals surface area contributed by atoms with E-state index in [0.717, 1.165) is 23.3 Å². The summed E-state index contributed by atoms with van der Waals surface area (Å²) < 4.78 is 0. The predicted octanol–water partition coefficient (Wildman–Crippen LogP) is 4.52. The van der Waals surface area contributed by atoms with Crippen molar-refractivity contribution in [2.24, 2.45) is 5.92 Å². The van der Waals surface area contributed by atoms with Crippen LogP contribution in [0.3, 0.4) is 0 Å². The van der Waals surface area contributed by atoms with Crippen molar-refractivity contribution >= 4 is 17.4 Å². The highest BCUT2D eigenvalue weighted by molar-refractivity contribution is 5.94. The lowest BCUT2D eigenvalue weighted by Crippen LogP contribution is -2.23. The molecule has 1 unspecified atom stereocenters. The Morgan fingerprint density at radius 1 is 1.21 bits per heavy atom. The van der Waals surface area contributed by atoms with E-state index < -0.39 is 5.97 Å². The largest absolute Gasteiger partial charge is 0.478 e. The van der Waals surface area contributed by atoms with E-state index in [1.807, 2.05) is 56.2 Å². The Morgan fingerprint density at radius 3 is 2.29 bits per heavy atom. The summed E-state index contributed by atoms with van der Waals surface area (Å²) in [6.07, 6.45) is 6.38. The van der Waals surface area contributed by atoms with Gasteiger partial charge in [-0.1, -0.05) is 32.6 Å². The minimum Gasteiger partial charge on any atom is -0.478 e. The Kier molecular flexibility index (Phi) is 6.62. The molecule has 0 fully saturated rings. The van der Waals surface area contributed by atoms with E-state index in [9.17, 15) is 14.7 Å². The van der Waals surface area contributed by atoms with Gasteiger partial charge in [0.15, 0.2) is 0 Å². The van der Waals surface area contributed by atoms with Gasteiger partial charge in [-0.2, -0.15) is 0 Å². The van der Waals surface area contributed by atoms with E-state index in [1.165, 1.54) is 4.90 Å². The normalized spacial score (nSPS) is 16.3. The van der Waals surface area contributed by atoms with Crippen LogP contribution in [-0.2, 0) is 4.79 Å². The molecular weight excluding hydrogens is 352 g/mol. The first-order valence-corrected chi connectivity index (χ1v) is 9.31. The van der Waals surface area contributed by atoms with Crippen LogP contribution in [0.25, 0.3) is 5.57 Å². The smallest absolute Gasteiger partial charge is 0.333 e. The quantitative estimate of drug-likeness (QED) is 0.737. The van der Waals surface area contributed by atoms with Gasteiger partial charge < -0.3 is 14.9 Å². The van der Waals surface area contributed by atoms with Crippen molar-refractivity contribution in [3.8, 4) is 0 Å². The summed E-state index contributed by atoms with van der Waals surface area (Å²) in [6, 6.07) is 7.33. The van der Waals surface area contributed by atoms with E-state index in [0.29, 0.717) is 16.8 Å². The van der Waals surface area contributed by atoms with Gasteiger partial charge in [-0.3, -0.25) is 4.79 Å². The van der Waals surface area contributed by atoms with Crippen molar-refractivity contribution < 1.29 is 14.7 Å². The first kappa shape index (κ1) is 21.2. The fourth-order valence-electron chi connectivity index (χ4n) is 3.06. The molecule has 5 nitrogen and oxygen atoms in total. The molecule has 5 heteroatoms. The molecule has 1 aromatic carbocycles. The lowest BCUT2D eigenvalue weighted by molar-refractivity contribution is -0.133. The fraction of sp³-hybridized carbons (Fsp3) is 0.304. The topological polar surface area (TPSA) is 60.9 Å². The van der Waals surface area contributed by atoms with Crippen LogP contribution in [0.1, 0.15) is 43.1 Å². The summed E-state index contributed by atoms with van der Waals surface area (Å²) in [4.78, 5) is 27.4. The second-order valence-electron chi connectivity index (χ2n) is 7.21. The summed E-state index contributed by atoms with van der Waals surface area (Å²) in [7, 11) is 3.43. The maximum Gasteiger partial charge on any atom is 0.333 e. The van der Waals surface area contributed by atoms with Crippen molar-refractivity contribution in [2.45, 2.75) is 27.2 Å². The molecule has 1 atom stereocenters. The number of allylic oxidation sites excluding steroid dienone is 4. The van der Waals surface area contributed by atoms with Gasteiger partial charge in [-0.15, -0.1) is 0 Å². The Labute approximate surface area is 167 Å². The number of carbonyl (C=O) groups is 2. The van der Waals surface area contributed by atoms with Crippen molar-refractivity contribution in [3.63, 3.8) is 0 Å². The first-order valence-electron chi connectivity index (χ1n) is 9.31. The molecule has 1 aromatic rings. The van der Waals surface area contributed by atoms with Crippen molar-refractivity contribution in [1.82, 2.24) is 9.80 Å². The third-order valence-electron chi connectivity index (χ3n) is 4.85. The second kappa shape index (κ2) is 8.74. The van der Waals surface area contributed by atoms with Gasteiger partial charge in [0, 0.05) is 31.6 Å². The molecule has 0 aromatic heterocycles. The average Bonchev–Trinajstić information content (AvgIpc) is 2.66. The van der Waals surface area contributed by atoms with E-state index in [2.05, 4.69) is 6.58 Å². The number of nitrogens with zero attached hydrogens (tertiary/aromatic N) is 2. The molecule has 1 aliphatic rings. The van der Waals surface area contributed by atoms with Gasteiger partial charge >= 0.3 is 5.97 Å². The summed E-state index contributed by atoms with van der Waals surface area (Å²) in [5.41, 5.74) is 4.15. The number of aliphatic carboxylic acids is 1. The van der Waals surface area contributed by atoms with Crippen LogP contribution in [0, 0.1) is 5.92 Å². The van der Waals surface area contributed by atoms with Crippen LogP contribution in [0.4, 0.5) is 0 Å². The molecule has 0 radical (unpaired) electrons. The van der Waals surface area contributed by atoms with Crippen LogP contribution in [0.5, 0.6) is 0 Å². The Bertz CT molecular complexity index is 874. The SMILES string of the molecule is C=C(C)N1C=CC(c2ccc(C(=O)N(C)C)cc2)=C/C1=C(\C(=O)O)C(C)CC. The number of carboxylic acids is 1. The summed E-state index contributed by atoms with van der Waals surface area (Å²) in [6.45, 7) is 9.72. The van der Waals surface area contributed by atoms with Gasteiger partial charge in [0.05, 0.1) is 11.3 Å². The van der Waals surface area contributed by atoms with Gasteiger partial charge in [0.25, 0.3) is 5.91 Å². The van der Waals surface area contributed by atoms with E-state index in [1.54, 1.807) is 26.2 Å². The molecule has 0 spiro atoms. The van der Waals surface area contributed by atoms with Gasteiger partial charge in [0.1, 0.15) is 0 Å². The molecule has 1 aliphatic heterocycles. The number of rotatable bonds is 6. The average molecular weight is 380 g/mol. The van der Waals surface area contributed by atoms with Crippen molar-refractivity contribution in [1.29, 1.82) is 0 Å². The number of carbonyl (C=O) groups excluding carboxylic acids is 1. The molecule has 1 amide bonds. The molecule has 0 bridgehead atoms. The molecular formula is C23H28N2O3. The maximum atomic E-state index is 12.1. The highest BCUT2D eigenvalue weighted by Gasteiger charge is 2.24. The minimum absolute atomic E-state index is 0.0568. The molecule has 0 saturated carbocycles. The summed E-state index contributed by atoms with van der Waals surface area (Å²) in [5, 5.41) is 9.82. The van der Waals surface area contributed by atoms with Crippen LogP contribution in [0.2, 0.25) is 0 Å². The van der Waals surface area contributed by atoms with E-state index in [4.69, 9.17) is 0 Å². The maximum absolute atomic E-state index is 12.1. The Balaban J connectivity index is 2.54. The second-order valence-corrected chi connectivity index (χ2v) is 7.21. The van der Waals surface area contributed by atoms with Gasteiger partial charge in [-0.05, 0) is 54.7 Å². The summed E-state index contributed by atoms with van der Waals surface area (Å²) in [5.74, 6) is -1.08. The monoisotopic (exact) mass is 380 g/mol. The third-order valence-corrected chi connectivity index (χ3v) is 4.85. The number of hydrogen-bond donors (Lipinski definition) is 1. The zero-order valence-corrected chi connectivity index (χ0v) is 17.2. The van der Waals surface area contributed by atoms with Crippen LogP contribution in [0.15, 0.2) is 66.2 Å². The van der Waals surface area contributed by atoms with Crippen LogP contribution in [-0.4, -0.2) is 40.9 Å². The van der Waals surface area contributed by atoms with Crippen molar-refractivity contribution in [2.75, 3.05) is 14.1 Å². The lowest BCUT2D eigenvalue weighted by Gasteiger charge is -2.29. The Morgan fingerprint density at radius 2 is 1.82 bits per heavy atom. The Hall–Kier alpha value is -3.08. The highest BCUT2D eigenvalue weighted by atomic mass is 16.4. The lowest BCUT2D eigenvalue weighted by atomic mass is 9.92. The number of amides is 1. The fourth-order valence-corrected chi connectivity index (χ4v) is 3.06. The molecule has 0 saturated heterocycles. The van der Waals surface area contributed by atoms with E-state index >= 15 is 0 Å². The molecule has 1 heterocycles. The van der Waals surface area contributed by atoms with Crippen LogP contribution >= 0.6 is 0 Å². The minimum atomic E-state index is -0.923. The van der Waals surface area contributed by atoms with Crippen molar-refractivity contribution in [3.05, 3.63) is 77.3 Å². The zero-order valence-electron chi connectivity index (χ0n) is 17.2.